The van der Waals surface area contributed by atoms with Gasteiger partial charge < -0.3 is 4.90 Å². The summed E-state index contributed by atoms with van der Waals surface area (Å²) in [4.78, 5) is 31.5. The number of nitro groups is 1. The minimum atomic E-state index is -3.48. The number of sulfone groups is 1. The summed E-state index contributed by atoms with van der Waals surface area (Å²) in [5.41, 5.74) is 0.785. The van der Waals surface area contributed by atoms with E-state index in [0.29, 0.717) is 34.0 Å². The van der Waals surface area contributed by atoms with Gasteiger partial charge in [-0.15, -0.1) is 12.4 Å². The largest absolute Gasteiger partial charge is 0.308 e. The Morgan fingerprint density at radius 2 is 1.88 bits per heavy atom. The SMILES string of the molecule is CN(C)CCN(C(=O)C=Cc1cccc([N+](=O)[O-])c1)c1nc2c(S(C)(=O)=O)cccc2s1.Cl. The number of benzene rings is 2. The van der Waals surface area contributed by atoms with E-state index in [1.807, 2.05) is 19.0 Å². The number of anilines is 1. The van der Waals surface area contributed by atoms with Crippen LogP contribution >= 0.6 is 23.7 Å². The van der Waals surface area contributed by atoms with Gasteiger partial charge in [0.2, 0.25) is 0 Å². The van der Waals surface area contributed by atoms with Crippen molar-refractivity contribution < 1.29 is 18.1 Å². The highest BCUT2D eigenvalue weighted by molar-refractivity contribution is 7.91. The van der Waals surface area contributed by atoms with Crippen LogP contribution in [0.3, 0.4) is 0 Å². The molecule has 0 radical (unpaired) electrons. The maximum Gasteiger partial charge on any atom is 0.270 e. The zero-order valence-corrected chi connectivity index (χ0v) is 20.6. The second-order valence-corrected chi connectivity index (χ2v) is 10.3. The quantitative estimate of drug-likeness (QED) is 0.258. The van der Waals surface area contributed by atoms with Gasteiger partial charge >= 0.3 is 0 Å². The van der Waals surface area contributed by atoms with E-state index in [4.69, 9.17) is 0 Å². The third-order valence-corrected chi connectivity index (χ3v) is 6.71. The number of rotatable bonds is 8. The lowest BCUT2D eigenvalue weighted by molar-refractivity contribution is -0.384. The molecule has 0 aliphatic rings. The van der Waals surface area contributed by atoms with Gasteiger partial charge in [0.25, 0.3) is 11.6 Å². The van der Waals surface area contributed by atoms with E-state index in [0.717, 1.165) is 6.26 Å². The predicted octanol–water partition coefficient (Wildman–Crippen LogP) is 3.64. The molecule has 0 unspecified atom stereocenters. The first kappa shape index (κ1) is 26.4. The summed E-state index contributed by atoms with van der Waals surface area (Å²) >= 11 is 1.23. The zero-order valence-electron chi connectivity index (χ0n) is 18.2. The number of para-hydroxylation sites is 1. The lowest BCUT2D eigenvalue weighted by Gasteiger charge is -2.20. The number of hydrogen-bond donors (Lipinski definition) is 0. The molecule has 9 nitrogen and oxygen atoms in total. The summed E-state index contributed by atoms with van der Waals surface area (Å²) in [7, 11) is 0.272. The summed E-state index contributed by atoms with van der Waals surface area (Å²) in [6, 6.07) is 10.9. The average molecular weight is 511 g/mol. The van der Waals surface area contributed by atoms with Gasteiger partial charge in [-0.05, 0) is 37.9 Å². The summed E-state index contributed by atoms with van der Waals surface area (Å²) < 4.78 is 24.9. The molecule has 0 saturated heterocycles. The number of non-ortho nitro benzene ring substituents is 1. The Hall–Kier alpha value is -2.86. The van der Waals surface area contributed by atoms with Gasteiger partial charge in [0.15, 0.2) is 15.0 Å². The highest BCUT2D eigenvalue weighted by Gasteiger charge is 2.21. The van der Waals surface area contributed by atoms with Crippen LogP contribution in [0.5, 0.6) is 0 Å². The Morgan fingerprint density at radius 1 is 1.18 bits per heavy atom. The number of nitrogens with zero attached hydrogens (tertiary/aromatic N) is 4. The number of amides is 1. The smallest absolute Gasteiger partial charge is 0.270 e. The number of likely N-dealkylation sites (N-methyl/N-ethyl adjacent to an activating group) is 1. The fourth-order valence-corrected chi connectivity index (χ4v) is 4.85. The van der Waals surface area contributed by atoms with Gasteiger partial charge in [0.1, 0.15) is 5.52 Å². The van der Waals surface area contributed by atoms with Crippen LogP contribution < -0.4 is 4.90 Å². The van der Waals surface area contributed by atoms with Crippen LogP contribution in [0.25, 0.3) is 16.3 Å². The summed E-state index contributed by atoms with van der Waals surface area (Å²) in [5.74, 6) is -0.363. The van der Waals surface area contributed by atoms with Crippen molar-refractivity contribution in [2.45, 2.75) is 4.90 Å². The molecule has 0 N–H and O–H groups in total. The molecule has 3 aromatic rings. The number of carbonyl (C=O) groups excluding carboxylic acids is 1. The lowest BCUT2D eigenvalue weighted by atomic mass is 10.2. The van der Waals surface area contributed by atoms with Gasteiger partial charge in [-0.3, -0.25) is 19.8 Å². The van der Waals surface area contributed by atoms with Crippen LogP contribution in [0.2, 0.25) is 0 Å². The average Bonchev–Trinajstić information content (AvgIpc) is 3.15. The standard InChI is InChI=1S/C21H22N4O5S2.ClH/c1-23(2)12-13-24(19(26)11-10-15-6-4-7-16(14-15)25(27)28)21-22-20-17(31-21)8-5-9-18(20)32(3,29)30;/h4-11,14H,12-13H2,1-3H3;1H. The van der Waals surface area contributed by atoms with Gasteiger partial charge in [0.05, 0.1) is 14.5 Å². The molecule has 33 heavy (non-hydrogen) atoms. The van der Waals surface area contributed by atoms with Crippen LogP contribution in [0, 0.1) is 10.1 Å². The third-order valence-electron chi connectivity index (χ3n) is 4.54. The molecule has 3 rings (SSSR count). The number of hydrogen-bond acceptors (Lipinski definition) is 8. The van der Waals surface area contributed by atoms with E-state index in [9.17, 15) is 23.3 Å². The summed E-state index contributed by atoms with van der Waals surface area (Å²) in [6.07, 6.45) is 3.96. The van der Waals surface area contributed by atoms with Gasteiger partial charge in [-0.2, -0.15) is 0 Å². The molecule has 2 aromatic carbocycles. The third kappa shape index (κ3) is 6.57. The van der Waals surface area contributed by atoms with Crippen molar-refractivity contribution in [2.75, 3.05) is 38.3 Å². The van der Waals surface area contributed by atoms with Gasteiger partial charge in [0, 0.05) is 37.6 Å². The molecular weight excluding hydrogens is 488 g/mol. The second kappa shape index (κ2) is 10.8. The molecule has 0 aliphatic heterocycles. The Kier molecular flexibility index (Phi) is 8.67. The minimum absolute atomic E-state index is 0. The van der Waals surface area contributed by atoms with Crippen molar-refractivity contribution in [3.05, 3.63) is 64.2 Å². The fourth-order valence-electron chi connectivity index (χ4n) is 2.93. The maximum atomic E-state index is 13.0. The van der Waals surface area contributed by atoms with Crippen LogP contribution in [0.15, 0.2) is 53.4 Å². The van der Waals surface area contributed by atoms with Crippen molar-refractivity contribution >= 4 is 66.6 Å². The minimum Gasteiger partial charge on any atom is -0.308 e. The molecule has 0 atom stereocenters. The molecule has 1 aromatic heterocycles. The number of carbonyl (C=O) groups is 1. The molecule has 0 bridgehead atoms. The van der Waals surface area contributed by atoms with E-state index >= 15 is 0 Å². The monoisotopic (exact) mass is 510 g/mol. The van der Waals surface area contributed by atoms with E-state index in [1.54, 1.807) is 24.3 Å². The van der Waals surface area contributed by atoms with Crippen molar-refractivity contribution in [3.8, 4) is 0 Å². The first-order valence-electron chi connectivity index (χ1n) is 9.54. The predicted molar refractivity (Wildman–Crippen MR) is 133 cm³/mol. The van der Waals surface area contributed by atoms with E-state index in [2.05, 4.69) is 4.98 Å². The molecule has 0 aliphatic carbocycles. The molecule has 0 saturated carbocycles. The first-order chi connectivity index (χ1) is 15.1. The van der Waals surface area contributed by atoms with Crippen LogP contribution in [0.4, 0.5) is 10.8 Å². The normalized spacial score (nSPS) is 11.6. The Balaban J connectivity index is 0.00000385. The molecule has 1 amide bonds. The maximum absolute atomic E-state index is 13.0. The van der Waals surface area contributed by atoms with Crippen LogP contribution in [0.1, 0.15) is 5.56 Å². The molecule has 1 heterocycles. The second-order valence-electron chi connectivity index (χ2n) is 7.35. The number of fused-ring (bicyclic) bond motifs is 1. The van der Waals surface area contributed by atoms with Gasteiger partial charge in [-0.1, -0.05) is 29.5 Å². The number of aromatic nitrogens is 1. The molecule has 0 fully saturated rings. The van der Waals surface area contributed by atoms with Crippen molar-refractivity contribution in [3.63, 3.8) is 0 Å². The van der Waals surface area contributed by atoms with Gasteiger partial charge in [-0.25, -0.2) is 13.4 Å². The highest BCUT2D eigenvalue weighted by Crippen LogP contribution is 2.32. The summed E-state index contributed by atoms with van der Waals surface area (Å²) in [6.45, 7) is 0.893. The van der Waals surface area contributed by atoms with Crippen LogP contribution in [-0.2, 0) is 14.6 Å². The highest BCUT2D eigenvalue weighted by atomic mass is 35.5. The first-order valence-corrected chi connectivity index (χ1v) is 12.3. The van der Waals surface area contributed by atoms with E-state index in [1.165, 1.54) is 46.6 Å². The molecular formula is C21H23ClN4O5S2. The molecule has 176 valence electrons. The molecule has 0 spiro atoms. The van der Waals surface area contributed by atoms with E-state index in [-0.39, 0.29) is 28.9 Å². The van der Waals surface area contributed by atoms with Crippen LogP contribution in [-0.4, -0.2) is 62.6 Å². The number of nitro benzene ring substituents is 1. The number of thiazole rings is 1. The lowest BCUT2D eigenvalue weighted by Crippen LogP contribution is -2.35. The summed E-state index contributed by atoms with van der Waals surface area (Å²) in [5, 5.41) is 11.3. The Labute approximate surface area is 201 Å². The zero-order chi connectivity index (χ0) is 23.5. The van der Waals surface area contributed by atoms with Crippen molar-refractivity contribution in [1.82, 2.24) is 9.88 Å². The fraction of sp³-hybridized carbons (Fsp3) is 0.238. The Bertz CT molecular complexity index is 1300. The van der Waals surface area contributed by atoms with E-state index < -0.39 is 14.8 Å². The Morgan fingerprint density at radius 3 is 2.52 bits per heavy atom. The topological polar surface area (TPSA) is 114 Å². The molecule has 12 heteroatoms. The number of halogens is 1. The van der Waals surface area contributed by atoms with Crippen molar-refractivity contribution in [2.24, 2.45) is 0 Å². The van der Waals surface area contributed by atoms with Crippen molar-refractivity contribution in [1.29, 1.82) is 0 Å².